The van der Waals surface area contributed by atoms with Crippen molar-refractivity contribution in [1.29, 1.82) is 0 Å². The van der Waals surface area contributed by atoms with Crippen LogP contribution in [0.4, 0.5) is 11.5 Å². The number of carbonyl (C=O) groups excluding carboxylic acids is 1. The molecule has 3 heterocycles. The summed E-state index contributed by atoms with van der Waals surface area (Å²) in [4.78, 5) is 21.2. The highest BCUT2D eigenvalue weighted by Crippen LogP contribution is 2.33. The van der Waals surface area contributed by atoms with Gasteiger partial charge in [0.15, 0.2) is 11.6 Å². The smallest absolute Gasteiger partial charge is 0.423 e. The summed E-state index contributed by atoms with van der Waals surface area (Å²) in [5.74, 6) is 0.537. The molecule has 0 bridgehead atoms. The van der Waals surface area contributed by atoms with Crippen LogP contribution in [0.2, 0.25) is 0 Å². The van der Waals surface area contributed by atoms with Crippen LogP contribution in [0.15, 0.2) is 42.5 Å². The molecular weight excluding hydrogens is 409 g/mol. The van der Waals surface area contributed by atoms with Gasteiger partial charge in [-0.15, -0.1) is 0 Å². The van der Waals surface area contributed by atoms with E-state index >= 15 is 0 Å². The van der Waals surface area contributed by atoms with Gasteiger partial charge < -0.3 is 26.4 Å². The Labute approximate surface area is 183 Å². The van der Waals surface area contributed by atoms with Crippen molar-refractivity contribution in [2.75, 3.05) is 17.2 Å². The molecule has 0 spiro atoms. The Kier molecular flexibility index (Phi) is 4.96. The fourth-order valence-corrected chi connectivity index (χ4v) is 3.88. The number of para-hydroxylation sites is 1. The van der Waals surface area contributed by atoms with Gasteiger partial charge in [0.05, 0.1) is 16.9 Å². The molecule has 0 saturated carbocycles. The van der Waals surface area contributed by atoms with Gasteiger partial charge in [-0.1, -0.05) is 36.4 Å². The zero-order valence-electron chi connectivity index (χ0n) is 17.0. The van der Waals surface area contributed by atoms with Crippen LogP contribution in [-0.2, 0) is 13.0 Å². The lowest BCUT2D eigenvalue weighted by Crippen LogP contribution is -2.30. The maximum absolute atomic E-state index is 11.7. The van der Waals surface area contributed by atoms with Crippen molar-refractivity contribution in [3.05, 3.63) is 59.3 Å². The van der Waals surface area contributed by atoms with E-state index in [1.54, 1.807) is 30.3 Å². The van der Waals surface area contributed by atoms with E-state index in [0.29, 0.717) is 45.8 Å². The number of benzene rings is 2. The molecule has 0 fully saturated rings. The summed E-state index contributed by atoms with van der Waals surface area (Å²) >= 11 is 0. The van der Waals surface area contributed by atoms with E-state index in [9.17, 15) is 14.8 Å². The first-order valence-electron chi connectivity index (χ1n) is 10.1. The number of rotatable bonds is 6. The van der Waals surface area contributed by atoms with Crippen molar-refractivity contribution in [3.63, 3.8) is 0 Å². The number of H-pyrrole nitrogens is 1. The molecule has 160 valence electrons. The van der Waals surface area contributed by atoms with E-state index in [-0.39, 0.29) is 0 Å². The van der Waals surface area contributed by atoms with Crippen molar-refractivity contribution >= 4 is 40.9 Å². The third-order valence-corrected chi connectivity index (χ3v) is 5.43. The molecule has 2 aromatic carbocycles. The van der Waals surface area contributed by atoms with Gasteiger partial charge in [-0.05, 0) is 17.1 Å². The number of fused-ring (bicyclic) bond motifs is 2. The summed E-state index contributed by atoms with van der Waals surface area (Å²) in [6.45, 7) is 1.19. The maximum Gasteiger partial charge on any atom is 0.488 e. The van der Waals surface area contributed by atoms with Crippen LogP contribution >= 0.6 is 0 Å². The molecule has 4 aromatic rings. The molecule has 32 heavy (non-hydrogen) atoms. The van der Waals surface area contributed by atoms with Crippen molar-refractivity contribution < 1.29 is 14.8 Å². The van der Waals surface area contributed by atoms with Crippen molar-refractivity contribution in [2.24, 2.45) is 5.73 Å². The Morgan fingerprint density at radius 2 is 2.03 bits per heavy atom. The minimum absolute atomic E-state index is 0.331. The van der Waals surface area contributed by atoms with Gasteiger partial charge in [-0.25, -0.2) is 9.97 Å². The number of carbonyl (C=O) groups is 1. The van der Waals surface area contributed by atoms with E-state index in [1.807, 2.05) is 12.1 Å². The Morgan fingerprint density at radius 3 is 2.84 bits per heavy atom. The highest BCUT2D eigenvalue weighted by Gasteiger charge is 2.22. The summed E-state index contributed by atoms with van der Waals surface area (Å²) in [5.41, 5.74) is 9.91. The first kappa shape index (κ1) is 20.0. The average molecular weight is 429 g/mol. The number of anilines is 2. The largest absolute Gasteiger partial charge is 0.488 e. The SMILES string of the molecule is NC(=O)c1cccc2c(-c3nc4c(c(NCc5cccc(B(O)O)c5)n3)NCC4)[nH]nc12. The first-order chi connectivity index (χ1) is 15.5. The summed E-state index contributed by atoms with van der Waals surface area (Å²) in [7, 11) is -1.52. The second-order valence-electron chi connectivity index (χ2n) is 7.53. The van der Waals surface area contributed by atoms with Gasteiger partial charge in [0.25, 0.3) is 5.91 Å². The number of hydrogen-bond acceptors (Lipinski definition) is 8. The molecule has 1 aliphatic heterocycles. The van der Waals surface area contributed by atoms with Crippen molar-refractivity contribution in [1.82, 2.24) is 20.2 Å². The van der Waals surface area contributed by atoms with E-state index in [1.165, 1.54) is 0 Å². The molecule has 0 radical (unpaired) electrons. The summed E-state index contributed by atoms with van der Waals surface area (Å²) in [6, 6.07) is 12.3. The Bertz CT molecular complexity index is 1340. The van der Waals surface area contributed by atoms with E-state index in [4.69, 9.17) is 15.7 Å². The topological polar surface area (TPSA) is 162 Å². The van der Waals surface area contributed by atoms with Crippen LogP contribution in [0.3, 0.4) is 0 Å². The fraction of sp³-hybridized carbons (Fsp3) is 0.143. The van der Waals surface area contributed by atoms with Gasteiger partial charge in [-0.3, -0.25) is 9.89 Å². The van der Waals surface area contributed by atoms with E-state index < -0.39 is 13.0 Å². The molecule has 0 unspecified atom stereocenters. The lowest BCUT2D eigenvalue weighted by atomic mass is 9.80. The summed E-state index contributed by atoms with van der Waals surface area (Å²) < 4.78 is 0. The van der Waals surface area contributed by atoms with Gasteiger partial charge in [-0.2, -0.15) is 5.10 Å². The average Bonchev–Trinajstić information content (AvgIpc) is 3.44. The third kappa shape index (κ3) is 3.53. The highest BCUT2D eigenvalue weighted by molar-refractivity contribution is 6.58. The predicted molar refractivity (Wildman–Crippen MR) is 121 cm³/mol. The summed E-state index contributed by atoms with van der Waals surface area (Å²) in [6.07, 6.45) is 0.754. The summed E-state index contributed by atoms with van der Waals surface area (Å²) in [5, 5.41) is 33.4. The lowest BCUT2D eigenvalue weighted by Gasteiger charge is -2.13. The molecule has 0 saturated heterocycles. The molecule has 10 nitrogen and oxygen atoms in total. The number of nitrogens with two attached hydrogens (primary N) is 1. The monoisotopic (exact) mass is 429 g/mol. The van der Waals surface area contributed by atoms with Crippen LogP contribution in [0.5, 0.6) is 0 Å². The number of aromatic amines is 1. The zero-order valence-corrected chi connectivity index (χ0v) is 17.0. The zero-order chi connectivity index (χ0) is 22.2. The minimum Gasteiger partial charge on any atom is -0.423 e. The second-order valence-corrected chi connectivity index (χ2v) is 7.53. The standard InChI is InChI=1S/C21H20BN7O3/c23-19(30)14-6-2-5-13-16(14)28-29-17(13)21-26-15-7-8-24-18(15)20(27-21)25-10-11-3-1-4-12(9-11)22(31)32/h1-6,9,24,31-32H,7-8,10H2,(H2,23,30)(H,28,29)(H,25,26,27). The number of nitrogens with zero attached hydrogens (tertiary/aromatic N) is 3. The van der Waals surface area contributed by atoms with E-state index in [2.05, 4.69) is 20.8 Å². The quantitative estimate of drug-likeness (QED) is 0.240. The van der Waals surface area contributed by atoms with Crippen LogP contribution in [-0.4, -0.2) is 49.8 Å². The Balaban J connectivity index is 1.52. The molecule has 0 aliphatic carbocycles. The van der Waals surface area contributed by atoms with Crippen LogP contribution in [0.1, 0.15) is 21.6 Å². The normalized spacial score (nSPS) is 12.4. The van der Waals surface area contributed by atoms with Crippen molar-refractivity contribution in [2.45, 2.75) is 13.0 Å². The second kappa shape index (κ2) is 7.95. The number of nitrogens with one attached hydrogen (secondary N) is 3. The number of primary amides is 1. The molecule has 5 rings (SSSR count). The molecular formula is C21H20BN7O3. The van der Waals surface area contributed by atoms with Gasteiger partial charge in [0.2, 0.25) is 0 Å². The number of aromatic nitrogens is 4. The highest BCUT2D eigenvalue weighted by atomic mass is 16.4. The lowest BCUT2D eigenvalue weighted by molar-refractivity contribution is 0.100. The number of hydrogen-bond donors (Lipinski definition) is 6. The van der Waals surface area contributed by atoms with Crippen LogP contribution < -0.4 is 21.8 Å². The Hall–Kier alpha value is -3.96. The van der Waals surface area contributed by atoms with E-state index in [0.717, 1.165) is 29.9 Å². The van der Waals surface area contributed by atoms with Crippen molar-refractivity contribution in [3.8, 4) is 11.5 Å². The molecule has 2 aromatic heterocycles. The van der Waals surface area contributed by atoms with Gasteiger partial charge >= 0.3 is 7.12 Å². The van der Waals surface area contributed by atoms with Crippen LogP contribution in [0, 0.1) is 0 Å². The molecule has 1 aliphatic rings. The number of amides is 1. The predicted octanol–water partition coefficient (Wildman–Crippen LogP) is 0.379. The molecule has 11 heteroatoms. The first-order valence-corrected chi connectivity index (χ1v) is 10.1. The third-order valence-electron chi connectivity index (χ3n) is 5.43. The maximum atomic E-state index is 11.7. The molecule has 0 atom stereocenters. The fourth-order valence-electron chi connectivity index (χ4n) is 3.88. The molecule has 7 N–H and O–H groups in total. The van der Waals surface area contributed by atoms with Crippen LogP contribution in [0.25, 0.3) is 22.4 Å². The molecule has 1 amide bonds. The minimum atomic E-state index is -1.52. The van der Waals surface area contributed by atoms with Gasteiger partial charge in [0, 0.05) is 24.9 Å². The Morgan fingerprint density at radius 1 is 1.19 bits per heavy atom. The van der Waals surface area contributed by atoms with Gasteiger partial charge in [0.1, 0.15) is 11.2 Å².